The highest BCUT2D eigenvalue weighted by atomic mass is 16.4. The van der Waals surface area contributed by atoms with E-state index < -0.39 is 0 Å². The second-order valence-electron chi connectivity index (χ2n) is 26.6. The summed E-state index contributed by atoms with van der Waals surface area (Å²) in [4.78, 5) is 5.11. The van der Waals surface area contributed by atoms with Gasteiger partial charge in [0, 0.05) is 44.7 Å². The topological polar surface area (TPSA) is 19.6 Å². The van der Waals surface area contributed by atoms with E-state index in [0.717, 1.165) is 35.7 Å². The van der Waals surface area contributed by atoms with E-state index in [0.29, 0.717) is 0 Å². The molecule has 0 unspecified atom stereocenters. The van der Waals surface area contributed by atoms with E-state index in [1.807, 2.05) is 0 Å². The fourth-order valence-corrected chi connectivity index (χ4v) is 12.8. The highest BCUT2D eigenvalue weighted by Gasteiger charge is 2.49. The lowest BCUT2D eigenvalue weighted by Gasteiger charge is -2.47. The summed E-state index contributed by atoms with van der Waals surface area (Å²) in [7, 11) is 0. The molecule has 4 heteroatoms. The van der Waals surface area contributed by atoms with Gasteiger partial charge in [-0.25, -0.2) is 0 Å². The zero-order chi connectivity index (χ0) is 50.1. The van der Waals surface area contributed by atoms with Crippen LogP contribution in [0.1, 0.15) is 156 Å². The molecule has 0 atom stereocenters. The Bertz CT molecular complexity index is 3510. The van der Waals surface area contributed by atoms with Crippen molar-refractivity contribution >= 4 is 68.4 Å². The average molecular weight is 931 g/mol. The van der Waals surface area contributed by atoms with E-state index in [-0.39, 0.29) is 39.2 Å². The van der Waals surface area contributed by atoms with Crippen molar-refractivity contribution in [3.63, 3.8) is 0 Å². The minimum absolute atomic E-state index is 0.00766. The van der Waals surface area contributed by atoms with Crippen molar-refractivity contribution in [3.05, 3.63) is 172 Å². The van der Waals surface area contributed by atoms with E-state index in [9.17, 15) is 0 Å². The number of hydrogen-bond donors (Lipinski definition) is 0. The summed E-state index contributed by atoms with van der Waals surface area (Å²) in [6, 6.07) is 52.3. The molecule has 7 aromatic carbocycles. The van der Waals surface area contributed by atoms with Crippen LogP contribution in [-0.4, -0.2) is 6.71 Å². The molecule has 2 aliphatic heterocycles. The molecule has 12 rings (SSSR count). The molecule has 0 fully saturated rings. The Kier molecular flexibility index (Phi) is 9.63. The molecule has 4 aliphatic rings. The van der Waals surface area contributed by atoms with Crippen LogP contribution in [0, 0.1) is 0 Å². The Hall–Kier alpha value is -6.26. The SMILES string of the molecule is CC(C)(C)c1ccc(N2c3cc4c(cc3B3c5c2cc(-c2ccc6c(c2)C(C)(C)c2ccccc2-6)cc5N(c2ccc(C(C)(C)C)cc2)c2oc5ccc(C(C)(C)C)cc5c23)C(C)(C)CCC4(C)C)cc1. The molecule has 0 saturated heterocycles. The third-order valence-electron chi connectivity index (χ3n) is 17.4. The van der Waals surface area contributed by atoms with E-state index in [4.69, 9.17) is 4.42 Å². The van der Waals surface area contributed by atoms with Crippen LogP contribution in [0.5, 0.6) is 0 Å². The van der Waals surface area contributed by atoms with Gasteiger partial charge in [-0.1, -0.05) is 177 Å². The van der Waals surface area contributed by atoms with Gasteiger partial charge in [0.25, 0.3) is 6.71 Å². The molecule has 3 heterocycles. The van der Waals surface area contributed by atoms with Crippen LogP contribution in [0.25, 0.3) is 33.2 Å². The summed E-state index contributed by atoms with van der Waals surface area (Å²) in [5, 5.41) is 1.20. The van der Waals surface area contributed by atoms with Gasteiger partial charge in [-0.05, 0) is 173 Å². The summed E-state index contributed by atoms with van der Waals surface area (Å²) in [5.74, 6) is 0.909. The Morgan fingerprint density at radius 3 is 1.59 bits per heavy atom. The van der Waals surface area contributed by atoms with Gasteiger partial charge in [-0.3, -0.25) is 4.90 Å². The number of nitrogens with zero attached hydrogens (tertiary/aromatic N) is 2. The molecule has 0 saturated carbocycles. The predicted molar refractivity (Wildman–Crippen MR) is 305 cm³/mol. The highest BCUT2D eigenvalue weighted by Crippen LogP contribution is 2.54. The van der Waals surface area contributed by atoms with Gasteiger partial charge < -0.3 is 9.32 Å². The lowest BCUT2D eigenvalue weighted by molar-refractivity contribution is 0.332. The molecule has 8 aromatic rings. The summed E-state index contributed by atoms with van der Waals surface area (Å²) in [5.41, 5.74) is 25.4. The van der Waals surface area contributed by atoms with E-state index in [2.05, 4.69) is 247 Å². The molecular formula is C67H71BN2O. The lowest BCUT2D eigenvalue weighted by Crippen LogP contribution is -2.61. The molecule has 0 spiro atoms. The molecule has 1 aromatic heterocycles. The van der Waals surface area contributed by atoms with Gasteiger partial charge in [-0.15, -0.1) is 0 Å². The van der Waals surface area contributed by atoms with Crippen LogP contribution in [-0.2, 0) is 32.5 Å². The summed E-state index contributed by atoms with van der Waals surface area (Å²) in [6.45, 7) is 35.4. The molecule has 0 radical (unpaired) electrons. The van der Waals surface area contributed by atoms with Crippen molar-refractivity contribution in [2.75, 3.05) is 9.80 Å². The van der Waals surface area contributed by atoms with Crippen molar-refractivity contribution in [2.24, 2.45) is 0 Å². The Balaban J connectivity index is 1.22. The number of hydrogen-bond acceptors (Lipinski definition) is 3. The van der Waals surface area contributed by atoms with Crippen molar-refractivity contribution in [2.45, 2.75) is 149 Å². The largest absolute Gasteiger partial charge is 0.440 e. The first kappa shape index (κ1) is 45.9. The number of anilines is 6. The van der Waals surface area contributed by atoms with E-state index in [1.54, 1.807) is 0 Å². The molecule has 3 nitrogen and oxygen atoms in total. The maximum atomic E-state index is 7.42. The Morgan fingerprint density at radius 1 is 0.451 bits per heavy atom. The van der Waals surface area contributed by atoms with E-state index >= 15 is 0 Å². The fraction of sp³-hybridized carbons (Fsp3) is 0.343. The first-order valence-corrected chi connectivity index (χ1v) is 26.3. The molecule has 0 bridgehead atoms. The van der Waals surface area contributed by atoms with Crippen LogP contribution in [0.2, 0.25) is 0 Å². The Morgan fingerprint density at radius 2 is 0.986 bits per heavy atom. The zero-order valence-electron chi connectivity index (χ0n) is 45.0. The lowest BCUT2D eigenvalue weighted by atomic mass is 9.33. The van der Waals surface area contributed by atoms with Gasteiger partial charge in [0.2, 0.25) is 5.88 Å². The molecule has 71 heavy (non-hydrogen) atoms. The number of fused-ring (bicyclic) bond motifs is 10. The van der Waals surface area contributed by atoms with Crippen LogP contribution < -0.4 is 26.2 Å². The van der Waals surface area contributed by atoms with Crippen LogP contribution in [0.4, 0.5) is 34.3 Å². The second-order valence-corrected chi connectivity index (χ2v) is 26.6. The van der Waals surface area contributed by atoms with Crippen LogP contribution in [0.15, 0.2) is 138 Å². The van der Waals surface area contributed by atoms with Crippen molar-refractivity contribution in [1.29, 1.82) is 0 Å². The average Bonchev–Trinajstić information content (AvgIpc) is 3.80. The monoisotopic (exact) mass is 931 g/mol. The first-order valence-electron chi connectivity index (χ1n) is 26.3. The number of furan rings is 1. The van der Waals surface area contributed by atoms with Crippen LogP contribution in [0.3, 0.4) is 0 Å². The van der Waals surface area contributed by atoms with Gasteiger partial charge in [0.15, 0.2) is 0 Å². The van der Waals surface area contributed by atoms with Crippen molar-refractivity contribution in [3.8, 4) is 22.3 Å². The minimum atomic E-state index is -0.134. The highest BCUT2D eigenvalue weighted by molar-refractivity contribution is 7.01. The molecule has 2 aliphatic carbocycles. The van der Waals surface area contributed by atoms with E-state index in [1.165, 1.54) is 100 Å². The van der Waals surface area contributed by atoms with Gasteiger partial charge in [-0.2, -0.15) is 0 Å². The fourth-order valence-electron chi connectivity index (χ4n) is 12.8. The van der Waals surface area contributed by atoms with Crippen molar-refractivity contribution < 1.29 is 4.42 Å². The quantitative estimate of drug-likeness (QED) is 0.165. The normalized spacial score (nSPS) is 17.1. The molecule has 0 amide bonds. The predicted octanol–water partition coefficient (Wildman–Crippen LogP) is 16.7. The summed E-state index contributed by atoms with van der Waals surface area (Å²) < 4.78 is 7.42. The second kappa shape index (κ2) is 14.9. The smallest absolute Gasteiger partial charge is 0.257 e. The maximum absolute atomic E-state index is 7.42. The molecule has 0 N–H and O–H groups in total. The summed E-state index contributed by atoms with van der Waals surface area (Å²) in [6.07, 6.45) is 2.30. The van der Waals surface area contributed by atoms with Crippen molar-refractivity contribution in [1.82, 2.24) is 0 Å². The standard InChI is InChI=1S/C67H71BN2O/c1-62(2,3)42-21-26-45(27-22-42)69-55-39-53-52(65(10,11)32-33-66(53,12)13)38-54(55)68-59-49-37-44(64(7,8)9)25-31-58(49)71-61(59)70(46-28-23-43(24-29-46)63(4,5)6)57-36-41(35-56(69)60(57)68)40-20-30-48-47-18-16-17-19-50(47)67(14,15)51(48)34-40/h16-31,34-39H,32-33H2,1-15H3. The van der Waals surface area contributed by atoms with Gasteiger partial charge in [0.05, 0.1) is 0 Å². The third kappa shape index (κ3) is 6.89. The van der Waals surface area contributed by atoms with Gasteiger partial charge >= 0.3 is 0 Å². The summed E-state index contributed by atoms with van der Waals surface area (Å²) >= 11 is 0. The molecular weight excluding hydrogens is 860 g/mol. The molecule has 358 valence electrons. The van der Waals surface area contributed by atoms with Gasteiger partial charge in [0.1, 0.15) is 5.58 Å². The third-order valence-corrected chi connectivity index (χ3v) is 17.4. The van der Waals surface area contributed by atoms with Crippen LogP contribution >= 0.6 is 0 Å². The Labute approximate surface area is 424 Å². The maximum Gasteiger partial charge on any atom is 0.257 e. The number of rotatable bonds is 3. The zero-order valence-corrected chi connectivity index (χ0v) is 45.0. The number of benzene rings is 7. The minimum Gasteiger partial charge on any atom is -0.440 e. The first-order chi connectivity index (χ1) is 33.3.